The van der Waals surface area contributed by atoms with E-state index in [1.165, 1.54) is 0 Å². The summed E-state index contributed by atoms with van der Waals surface area (Å²) in [6.45, 7) is 1.76. The molecule has 0 atom stereocenters. The van der Waals surface area contributed by atoms with Crippen molar-refractivity contribution >= 4 is 10.9 Å². The first-order chi connectivity index (χ1) is 7.40. The number of para-hydroxylation sites is 1. The van der Waals surface area contributed by atoms with Gasteiger partial charge in [-0.05, 0) is 6.07 Å². The SMILES string of the molecule is OOCc1cn2c3c(cccc13)OCC2. The Morgan fingerprint density at radius 3 is 3.27 bits per heavy atom. The first-order valence-electron chi connectivity index (χ1n) is 4.90. The molecule has 0 radical (unpaired) electrons. The van der Waals surface area contributed by atoms with E-state index in [2.05, 4.69) is 9.45 Å². The van der Waals surface area contributed by atoms with Crippen LogP contribution in [0.5, 0.6) is 5.75 Å². The van der Waals surface area contributed by atoms with E-state index < -0.39 is 0 Å². The topological polar surface area (TPSA) is 43.6 Å². The van der Waals surface area contributed by atoms with Crippen LogP contribution in [0.2, 0.25) is 0 Å². The molecule has 1 aromatic carbocycles. The molecule has 2 aromatic rings. The fourth-order valence-electron chi connectivity index (χ4n) is 2.13. The van der Waals surface area contributed by atoms with Gasteiger partial charge in [0.15, 0.2) is 0 Å². The van der Waals surface area contributed by atoms with Crippen molar-refractivity contribution in [2.45, 2.75) is 13.2 Å². The van der Waals surface area contributed by atoms with Crippen LogP contribution in [0.1, 0.15) is 5.56 Å². The standard InChI is InChI=1S/C11H11NO3/c13-15-7-8-6-12-4-5-14-10-3-1-2-9(8)11(10)12/h1-3,6,13H,4-5,7H2. The monoisotopic (exact) mass is 205 g/mol. The Labute approximate surface area is 86.6 Å². The van der Waals surface area contributed by atoms with E-state index in [9.17, 15) is 0 Å². The van der Waals surface area contributed by atoms with Crippen molar-refractivity contribution in [3.05, 3.63) is 30.0 Å². The van der Waals surface area contributed by atoms with Gasteiger partial charge >= 0.3 is 0 Å². The van der Waals surface area contributed by atoms with Gasteiger partial charge < -0.3 is 9.30 Å². The van der Waals surface area contributed by atoms with E-state index in [1.807, 2.05) is 24.4 Å². The number of hydrogen-bond donors (Lipinski definition) is 1. The fourth-order valence-corrected chi connectivity index (χ4v) is 2.13. The zero-order chi connectivity index (χ0) is 10.3. The van der Waals surface area contributed by atoms with Crippen LogP contribution in [0.4, 0.5) is 0 Å². The summed E-state index contributed by atoms with van der Waals surface area (Å²) in [6.07, 6.45) is 2.01. The normalized spacial score (nSPS) is 14.2. The maximum atomic E-state index is 8.51. The molecule has 4 heteroatoms. The Balaban J connectivity index is 2.29. The fraction of sp³-hybridized carbons (Fsp3) is 0.273. The minimum atomic E-state index is 0.215. The highest BCUT2D eigenvalue weighted by Crippen LogP contribution is 2.32. The first kappa shape index (κ1) is 8.76. The summed E-state index contributed by atoms with van der Waals surface area (Å²) in [5, 5.41) is 9.59. The molecule has 0 aliphatic carbocycles. The Bertz CT molecular complexity index is 504. The van der Waals surface area contributed by atoms with Gasteiger partial charge in [0.25, 0.3) is 0 Å². The predicted octanol–water partition coefficient (Wildman–Crippen LogP) is 2.02. The number of aromatic nitrogens is 1. The van der Waals surface area contributed by atoms with Crippen LogP contribution in [0, 0.1) is 0 Å². The van der Waals surface area contributed by atoms with Gasteiger partial charge in [-0.3, -0.25) is 5.26 Å². The van der Waals surface area contributed by atoms with Gasteiger partial charge in [0.1, 0.15) is 19.0 Å². The Kier molecular flexibility index (Phi) is 1.90. The summed E-state index contributed by atoms with van der Waals surface area (Å²) in [4.78, 5) is 4.20. The molecule has 0 saturated heterocycles. The minimum Gasteiger partial charge on any atom is -0.490 e. The second-order valence-electron chi connectivity index (χ2n) is 3.62. The van der Waals surface area contributed by atoms with Crippen molar-refractivity contribution in [3.8, 4) is 5.75 Å². The highest BCUT2D eigenvalue weighted by molar-refractivity contribution is 5.89. The van der Waals surface area contributed by atoms with Crippen molar-refractivity contribution in [1.82, 2.24) is 4.57 Å². The quantitative estimate of drug-likeness (QED) is 0.602. The first-order valence-corrected chi connectivity index (χ1v) is 4.90. The van der Waals surface area contributed by atoms with Crippen LogP contribution in [0.25, 0.3) is 10.9 Å². The van der Waals surface area contributed by atoms with Crippen LogP contribution < -0.4 is 4.74 Å². The molecule has 4 nitrogen and oxygen atoms in total. The second-order valence-corrected chi connectivity index (χ2v) is 3.62. The average molecular weight is 205 g/mol. The zero-order valence-corrected chi connectivity index (χ0v) is 8.14. The molecule has 78 valence electrons. The van der Waals surface area contributed by atoms with Crippen LogP contribution in [-0.4, -0.2) is 16.4 Å². The van der Waals surface area contributed by atoms with Crippen molar-refractivity contribution in [2.24, 2.45) is 0 Å². The van der Waals surface area contributed by atoms with Gasteiger partial charge in [-0.2, -0.15) is 0 Å². The molecule has 0 bridgehead atoms. The molecule has 0 spiro atoms. The van der Waals surface area contributed by atoms with Crippen molar-refractivity contribution in [2.75, 3.05) is 6.61 Å². The molecule has 15 heavy (non-hydrogen) atoms. The Morgan fingerprint density at radius 2 is 2.40 bits per heavy atom. The van der Waals surface area contributed by atoms with Crippen LogP contribution in [-0.2, 0) is 18.0 Å². The lowest BCUT2D eigenvalue weighted by atomic mass is 10.1. The number of ether oxygens (including phenoxy) is 1. The zero-order valence-electron chi connectivity index (χ0n) is 8.14. The molecule has 1 aliphatic heterocycles. The summed E-state index contributed by atoms with van der Waals surface area (Å²) in [7, 11) is 0. The molecule has 2 heterocycles. The highest BCUT2D eigenvalue weighted by Gasteiger charge is 2.16. The lowest BCUT2D eigenvalue weighted by Gasteiger charge is -2.16. The molecule has 1 N–H and O–H groups in total. The third kappa shape index (κ3) is 1.22. The lowest BCUT2D eigenvalue weighted by Crippen LogP contribution is -2.12. The van der Waals surface area contributed by atoms with Gasteiger partial charge in [-0.15, -0.1) is 0 Å². The van der Waals surface area contributed by atoms with Crippen molar-refractivity contribution in [3.63, 3.8) is 0 Å². The largest absolute Gasteiger partial charge is 0.490 e. The molecule has 1 aliphatic rings. The summed E-state index contributed by atoms with van der Waals surface area (Å²) in [5.74, 6) is 0.905. The predicted molar refractivity (Wildman–Crippen MR) is 54.9 cm³/mol. The lowest BCUT2D eigenvalue weighted by molar-refractivity contribution is -0.252. The minimum absolute atomic E-state index is 0.215. The molecule has 0 saturated carbocycles. The van der Waals surface area contributed by atoms with Gasteiger partial charge in [-0.1, -0.05) is 12.1 Å². The van der Waals surface area contributed by atoms with Crippen LogP contribution in [0.3, 0.4) is 0 Å². The van der Waals surface area contributed by atoms with E-state index in [0.717, 1.165) is 28.8 Å². The van der Waals surface area contributed by atoms with E-state index in [0.29, 0.717) is 6.61 Å². The van der Waals surface area contributed by atoms with Gasteiger partial charge in [0.2, 0.25) is 0 Å². The third-order valence-corrected chi connectivity index (χ3v) is 2.75. The summed E-state index contributed by atoms with van der Waals surface area (Å²) in [6, 6.07) is 5.92. The van der Waals surface area contributed by atoms with E-state index in [4.69, 9.17) is 9.99 Å². The van der Waals surface area contributed by atoms with E-state index >= 15 is 0 Å². The van der Waals surface area contributed by atoms with E-state index in [1.54, 1.807) is 0 Å². The maximum absolute atomic E-state index is 8.51. The molecular formula is C11H11NO3. The summed E-state index contributed by atoms with van der Waals surface area (Å²) in [5.41, 5.74) is 2.08. The smallest absolute Gasteiger partial charge is 0.143 e. The highest BCUT2D eigenvalue weighted by atomic mass is 17.1. The summed E-state index contributed by atoms with van der Waals surface area (Å²) < 4.78 is 7.70. The average Bonchev–Trinajstić information content (AvgIpc) is 2.61. The summed E-state index contributed by atoms with van der Waals surface area (Å²) >= 11 is 0. The second kappa shape index (κ2) is 3.25. The Hall–Kier alpha value is -1.52. The third-order valence-electron chi connectivity index (χ3n) is 2.75. The van der Waals surface area contributed by atoms with Crippen LogP contribution >= 0.6 is 0 Å². The van der Waals surface area contributed by atoms with E-state index in [-0.39, 0.29) is 6.61 Å². The number of nitrogens with zero attached hydrogens (tertiary/aromatic N) is 1. The number of rotatable bonds is 2. The molecule has 0 unspecified atom stereocenters. The molecule has 0 fully saturated rings. The molecule has 1 aromatic heterocycles. The van der Waals surface area contributed by atoms with Gasteiger partial charge in [-0.25, -0.2) is 4.89 Å². The molecular weight excluding hydrogens is 194 g/mol. The Morgan fingerprint density at radius 1 is 1.47 bits per heavy atom. The van der Waals surface area contributed by atoms with Gasteiger partial charge in [0.05, 0.1) is 12.1 Å². The maximum Gasteiger partial charge on any atom is 0.143 e. The van der Waals surface area contributed by atoms with Crippen molar-refractivity contribution < 1.29 is 14.9 Å². The van der Waals surface area contributed by atoms with Crippen molar-refractivity contribution in [1.29, 1.82) is 0 Å². The van der Waals surface area contributed by atoms with Crippen LogP contribution in [0.15, 0.2) is 24.4 Å². The van der Waals surface area contributed by atoms with Gasteiger partial charge in [0, 0.05) is 17.1 Å². The molecule has 3 rings (SSSR count). The number of hydrogen-bond acceptors (Lipinski definition) is 3. The molecule has 0 amide bonds. The number of benzene rings is 1.